The second-order valence-corrected chi connectivity index (χ2v) is 6.42. The Bertz CT molecular complexity index is 896. The molecule has 0 radical (unpaired) electrons. The molecule has 1 N–H and O–H groups in total. The minimum absolute atomic E-state index is 0.309. The SMILES string of the molecule is COC(Cc1ccc(OC/C=C(/c2ccccc2)c2ccccn2)cc1)C(=O)O. The van der Waals surface area contributed by atoms with Gasteiger partial charge in [-0.15, -0.1) is 0 Å². The van der Waals surface area contributed by atoms with Gasteiger partial charge in [0.1, 0.15) is 12.4 Å². The average molecular weight is 389 g/mol. The minimum atomic E-state index is -0.971. The first-order valence-electron chi connectivity index (χ1n) is 9.31. The molecule has 0 bridgehead atoms. The molecular weight excluding hydrogens is 366 g/mol. The molecule has 1 unspecified atom stereocenters. The van der Waals surface area contributed by atoms with Crippen molar-refractivity contribution in [3.05, 3.63) is 102 Å². The molecule has 0 spiro atoms. The van der Waals surface area contributed by atoms with E-state index in [-0.39, 0.29) is 0 Å². The molecule has 0 aliphatic heterocycles. The standard InChI is InChI=1S/C24H23NO4/c1-28-23(24(26)27)17-18-10-12-20(13-11-18)29-16-14-21(19-7-3-2-4-8-19)22-9-5-6-15-25-22/h2-15,23H,16-17H2,1H3,(H,26,27)/b21-14-. The first-order valence-corrected chi connectivity index (χ1v) is 9.31. The number of ether oxygens (including phenoxy) is 2. The number of hydrogen-bond acceptors (Lipinski definition) is 4. The predicted molar refractivity (Wildman–Crippen MR) is 112 cm³/mol. The first kappa shape index (κ1) is 20.3. The van der Waals surface area contributed by atoms with Crippen LogP contribution in [0.4, 0.5) is 0 Å². The molecule has 0 saturated heterocycles. The number of hydrogen-bond donors (Lipinski definition) is 1. The van der Waals surface area contributed by atoms with Crippen LogP contribution in [0.3, 0.4) is 0 Å². The summed E-state index contributed by atoms with van der Waals surface area (Å²) >= 11 is 0. The lowest BCUT2D eigenvalue weighted by Crippen LogP contribution is -2.24. The number of benzene rings is 2. The Balaban J connectivity index is 1.69. The Labute approximate surface area is 170 Å². The van der Waals surface area contributed by atoms with Crippen molar-refractivity contribution in [3.63, 3.8) is 0 Å². The molecule has 29 heavy (non-hydrogen) atoms. The number of aliphatic carboxylic acids is 1. The van der Waals surface area contributed by atoms with Crippen LogP contribution in [0.1, 0.15) is 16.8 Å². The highest BCUT2D eigenvalue weighted by Gasteiger charge is 2.16. The molecule has 0 amide bonds. The van der Waals surface area contributed by atoms with Crippen LogP contribution in [-0.2, 0) is 16.0 Å². The van der Waals surface area contributed by atoms with Crippen molar-refractivity contribution >= 4 is 11.5 Å². The van der Waals surface area contributed by atoms with Gasteiger partial charge in [-0.05, 0) is 41.5 Å². The van der Waals surface area contributed by atoms with Crippen LogP contribution in [0.5, 0.6) is 5.75 Å². The van der Waals surface area contributed by atoms with Gasteiger partial charge in [0, 0.05) is 25.3 Å². The van der Waals surface area contributed by atoms with Crippen LogP contribution in [0.15, 0.2) is 85.1 Å². The fourth-order valence-electron chi connectivity index (χ4n) is 2.94. The average Bonchev–Trinajstić information content (AvgIpc) is 2.77. The normalized spacial score (nSPS) is 12.4. The monoisotopic (exact) mass is 389 g/mol. The maximum absolute atomic E-state index is 11.1. The van der Waals surface area contributed by atoms with Crippen LogP contribution in [0.25, 0.3) is 5.57 Å². The number of pyridine rings is 1. The van der Waals surface area contributed by atoms with E-state index in [9.17, 15) is 4.79 Å². The molecule has 1 heterocycles. The molecule has 0 fully saturated rings. The van der Waals surface area contributed by atoms with Crippen molar-refractivity contribution in [3.8, 4) is 5.75 Å². The molecule has 3 aromatic rings. The lowest BCUT2D eigenvalue weighted by atomic mass is 10.0. The van der Waals surface area contributed by atoms with E-state index >= 15 is 0 Å². The molecule has 2 aromatic carbocycles. The summed E-state index contributed by atoms with van der Waals surface area (Å²) in [6, 6.07) is 23.3. The fourth-order valence-corrected chi connectivity index (χ4v) is 2.94. The summed E-state index contributed by atoms with van der Waals surface area (Å²) in [7, 11) is 1.40. The Hall–Kier alpha value is -3.44. The molecule has 5 heteroatoms. The van der Waals surface area contributed by atoms with Crippen molar-refractivity contribution in [1.82, 2.24) is 4.98 Å². The third-order valence-electron chi connectivity index (χ3n) is 4.47. The Morgan fingerprint density at radius 3 is 2.38 bits per heavy atom. The van der Waals surface area contributed by atoms with Crippen molar-refractivity contribution in [2.45, 2.75) is 12.5 Å². The molecule has 1 atom stereocenters. The van der Waals surface area contributed by atoms with Crippen molar-refractivity contribution in [2.75, 3.05) is 13.7 Å². The maximum Gasteiger partial charge on any atom is 0.333 e. The van der Waals surface area contributed by atoms with E-state index in [0.29, 0.717) is 18.8 Å². The van der Waals surface area contributed by atoms with E-state index < -0.39 is 12.1 Å². The van der Waals surface area contributed by atoms with E-state index in [2.05, 4.69) is 4.98 Å². The maximum atomic E-state index is 11.1. The third-order valence-corrected chi connectivity index (χ3v) is 4.47. The van der Waals surface area contributed by atoms with Crippen LogP contribution >= 0.6 is 0 Å². The molecule has 148 valence electrons. The Morgan fingerprint density at radius 1 is 1.03 bits per heavy atom. The van der Waals surface area contributed by atoms with Crippen molar-refractivity contribution in [1.29, 1.82) is 0 Å². The lowest BCUT2D eigenvalue weighted by Gasteiger charge is -2.11. The molecule has 0 aliphatic rings. The van der Waals surface area contributed by atoms with Gasteiger partial charge < -0.3 is 14.6 Å². The summed E-state index contributed by atoms with van der Waals surface area (Å²) in [6.45, 7) is 0.385. The zero-order valence-electron chi connectivity index (χ0n) is 16.2. The highest BCUT2D eigenvalue weighted by atomic mass is 16.5. The zero-order chi connectivity index (χ0) is 20.5. The zero-order valence-corrected chi connectivity index (χ0v) is 16.2. The van der Waals surface area contributed by atoms with Crippen LogP contribution in [-0.4, -0.2) is 35.9 Å². The molecule has 0 saturated carbocycles. The highest BCUT2D eigenvalue weighted by Crippen LogP contribution is 2.22. The number of methoxy groups -OCH3 is 1. The summed E-state index contributed by atoms with van der Waals surface area (Å²) in [5, 5.41) is 9.08. The van der Waals surface area contributed by atoms with Crippen LogP contribution in [0, 0.1) is 0 Å². The van der Waals surface area contributed by atoms with E-state index in [4.69, 9.17) is 14.6 Å². The topological polar surface area (TPSA) is 68.7 Å². The first-order chi connectivity index (χ1) is 14.2. The lowest BCUT2D eigenvalue weighted by molar-refractivity contribution is -0.148. The van der Waals surface area contributed by atoms with Gasteiger partial charge in [0.15, 0.2) is 6.10 Å². The van der Waals surface area contributed by atoms with Gasteiger partial charge >= 0.3 is 5.97 Å². The fraction of sp³-hybridized carbons (Fsp3) is 0.167. The summed E-state index contributed by atoms with van der Waals surface area (Å²) < 4.78 is 10.8. The van der Waals surface area contributed by atoms with Crippen LogP contribution in [0.2, 0.25) is 0 Å². The van der Waals surface area contributed by atoms with Crippen LogP contribution < -0.4 is 4.74 Å². The molecule has 1 aromatic heterocycles. The van der Waals surface area contributed by atoms with Gasteiger partial charge in [-0.2, -0.15) is 0 Å². The second-order valence-electron chi connectivity index (χ2n) is 6.42. The van der Waals surface area contributed by atoms with E-state index in [1.807, 2.05) is 78.9 Å². The molecule has 0 aliphatic carbocycles. The molecule has 5 nitrogen and oxygen atoms in total. The number of carboxylic acid groups (broad SMARTS) is 1. The Morgan fingerprint density at radius 2 is 1.76 bits per heavy atom. The number of nitrogens with zero attached hydrogens (tertiary/aromatic N) is 1. The summed E-state index contributed by atoms with van der Waals surface area (Å²) in [5.74, 6) is -0.261. The van der Waals surface area contributed by atoms with Gasteiger partial charge in [0.05, 0.1) is 5.69 Å². The second kappa shape index (κ2) is 10.2. The van der Waals surface area contributed by atoms with Gasteiger partial charge in [-0.25, -0.2) is 4.79 Å². The van der Waals surface area contributed by atoms with Gasteiger partial charge in [0.2, 0.25) is 0 Å². The Kier molecular flexibility index (Phi) is 7.14. The van der Waals surface area contributed by atoms with Crippen molar-refractivity contribution in [2.24, 2.45) is 0 Å². The molecule has 3 rings (SSSR count). The van der Waals surface area contributed by atoms with Crippen molar-refractivity contribution < 1.29 is 19.4 Å². The van der Waals surface area contributed by atoms with E-state index in [1.165, 1.54) is 7.11 Å². The predicted octanol–water partition coefficient (Wildman–Crippen LogP) is 4.23. The minimum Gasteiger partial charge on any atom is -0.490 e. The van der Waals surface area contributed by atoms with Gasteiger partial charge in [-0.3, -0.25) is 4.98 Å². The smallest absolute Gasteiger partial charge is 0.333 e. The number of rotatable bonds is 9. The number of carbonyl (C=O) groups is 1. The quantitative estimate of drug-likeness (QED) is 0.593. The highest BCUT2D eigenvalue weighted by molar-refractivity contribution is 5.77. The largest absolute Gasteiger partial charge is 0.490 e. The molecular formula is C24H23NO4. The van der Waals surface area contributed by atoms with Gasteiger partial charge in [-0.1, -0.05) is 48.5 Å². The number of aromatic nitrogens is 1. The summed E-state index contributed by atoms with van der Waals surface area (Å²) in [5.41, 5.74) is 3.84. The van der Waals surface area contributed by atoms with E-state index in [1.54, 1.807) is 6.20 Å². The van der Waals surface area contributed by atoms with Gasteiger partial charge in [0.25, 0.3) is 0 Å². The number of carboxylic acids is 1. The summed E-state index contributed by atoms with van der Waals surface area (Å²) in [6.07, 6.45) is 3.24. The van der Waals surface area contributed by atoms with E-state index in [0.717, 1.165) is 22.4 Å². The summed E-state index contributed by atoms with van der Waals surface area (Å²) in [4.78, 5) is 15.5. The third kappa shape index (κ3) is 5.77.